The first-order valence-electron chi connectivity index (χ1n) is 6.41. The lowest BCUT2D eigenvalue weighted by atomic mass is 9.97. The number of nitrogens with zero attached hydrogens (tertiary/aromatic N) is 3. The van der Waals surface area contributed by atoms with E-state index in [1.807, 2.05) is 0 Å². The predicted molar refractivity (Wildman–Crippen MR) is 72.0 cm³/mol. The van der Waals surface area contributed by atoms with Crippen molar-refractivity contribution in [3.05, 3.63) is 23.8 Å². The molecule has 2 heterocycles. The standard InChI is InChI=1S/C13H15N5O2/c1-13(2)12(20)14-5-6-18(13)11(19)8-3-4-9-10(7-8)16-17-15-9/h3-4,7H,5-6H2,1-2H3,(H,14,20)(H,15,16,17). The summed E-state index contributed by atoms with van der Waals surface area (Å²) in [5.41, 5.74) is 0.996. The number of benzene rings is 1. The summed E-state index contributed by atoms with van der Waals surface area (Å²) >= 11 is 0. The summed E-state index contributed by atoms with van der Waals surface area (Å²) in [7, 11) is 0. The highest BCUT2D eigenvalue weighted by Crippen LogP contribution is 2.21. The fourth-order valence-electron chi connectivity index (χ4n) is 2.38. The van der Waals surface area contributed by atoms with Crippen molar-refractivity contribution in [1.29, 1.82) is 0 Å². The highest BCUT2D eigenvalue weighted by atomic mass is 16.2. The third kappa shape index (κ3) is 1.82. The molecule has 2 N–H and O–H groups in total. The smallest absolute Gasteiger partial charge is 0.254 e. The number of nitrogens with one attached hydrogen (secondary N) is 2. The summed E-state index contributed by atoms with van der Waals surface area (Å²) in [5, 5.41) is 13.2. The molecule has 1 aromatic heterocycles. The summed E-state index contributed by atoms with van der Waals surface area (Å²) < 4.78 is 0. The van der Waals surface area contributed by atoms with Crippen LogP contribution in [0.2, 0.25) is 0 Å². The molecule has 2 aromatic rings. The Morgan fingerprint density at radius 3 is 2.85 bits per heavy atom. The molecule has 7 heteroatoms. The molecule has 104 valence electrons. The molecule has 1 aromatic carbocycles. The third-order valence-electron chi connectivity index (χ3n) is 3.66. The van der Waals surface area contributed by atoms with E-state index in [4.69, 9.17) is 0 Å². The van der Waals surface area contributed by atoms with Crippen molar-refractivity contribution in [2.24, 2.45) is 0 Å². The number of hydrogen-bond acceptors (Lipinski definition) is 4. The van der Waals surface area contributed by atoms with Gasteiger partial charge < -0.3 is 10.2 Å². The lowest BCUT2D eigenvalue weighted by Gasteiger charge is -2.41. The highest BCUT2D eigenvalue weighted by molar-refractivity contribution is 6.01. The van der Waals surface area contributed by atoms with Crippen molar-refractivity contribution in [1.82, 2.24) is 25.6 Å². The molecule has 3 rings (SSSR count). The van der Waals surface area contributed by atoms with Gasteiger partial charge in [0.25, 0.3) is 5.91 Å². The van der Waals surface area contributed by atoms with E-state index < -0.39 is 5.54 Å². The van der Waals surface area contributed by atoms with E-state index in [1.54, 1.807) is 36.9 Å². The maximum atomic E-state index is 12.6. The van der Waals surface area contributed by atoms with Gasteiger partial charge in [-0.05, 0) is 32.0 Å². The average Bonchev–Trinajstić information content (AvgIpc) is 2.88. The number of hydrogen-bond donors (Lipinski definition) is 2. The Kier molecular flexibility index (Phi) is 2.70. The summed E-state index contributed by atoms with van der Waals surface area (Å²) in [5.74, 6) is -0.311. The molecular weight excluding hydrogens is 258 g/mol. The van der Waals surface area contributed by atoms with Crippen molar-refractivity contribution in [3.63, 3.8) is 0 Å². The van der Waals surface area contributed by atoms with Gasteiger partial charge in [0, 0.05) is 18.7 Å². The van der Waals surface area contributed by atoms with Crippen LogP contribution >= 0.6 is 0 Å². The van der Waals surface area contributed by atoms with E-state index in [9.17, 15) is 9.59 Å². The van der Waals surface area contributed by atoms with Crippen LogP contribution in [0.15, 0.2) is 18.2 Å². The monoisotopic (exact) mass is 273 g/mol. The second-order valence-corrected chi connectivity index (χ2v) is 5.30. The van der Waals surface area contributed by atoms with Gasteiger partial charge in [-0.25, -0.2) is 0 Å². The van der Waals surface area contributed by atoms with Gasteiger partial charge in [0.1, 0.15) is 16.6 Å². The summed E-state index contributed by atoms with van der Waals surface area (Å²) in [4.78, 5) is 26.1. The van der Waals surface area contributed by atoms with Crippen LogP contribution in [0.5, 0.6) is 0 Å². The second kappa shape index (κ2) is 4.29. The number of carbonyl (C=O) groups excluding carboxylic acids is 2. The van der Waals surface area contributed by atoms with E-state index in [-0.39, 0.29) is 11.8 Å². The van der Waals surface area contributed by atoms with E-state index >= 15 is 0 Å². The molecule has 0 atom stereocenters. The van der Waals surface area contributed by atoms with Gasteiger partial charge >= 0.3 is 0 Å². The number of piperazine rings is 1. The fourth-order valence-corrected chi connectivity index (χ4v) is 2.38. The number of aromatic amines is 1. The van der Waals surface area contributed by atoms with Crippen LogP contribution < -0.4 is 5.32 Å². The molecule has 0 saturated carbocycles. The van der Waals surface area contributed by atoms with E-state index in [0.29, 0.717) is 29.7 Å². The minimum absolute atomic E-state index is 0.139. The summed E-state index contributed by atoms with van der Waals surface area (Å²) in [6.45, 7) is 4.46. The van der Waals surface area contributed by atoms with Gasteiger partial charge in [-0.1, -0.05) is 0 Å². The first-order valence-corrected chi connectivity index (χ1v) is 6.41. The zero-order valence-electron chi connectivity index (χ0n) is 11.3. The van der Waals surface area contributed by atoms with Crippen LogP contribution in [0.4, 0.5) is 0 Å². The Balaban J connectivity index is 1.96. The number of fused-ring (bicyclic) bond motifs is 1. The number of aromatic nitrogens is 3. The molecule has 2 amide bonds. The number of amides is 2. The highest BCUT2D eigenvalue weighted by Gasteiger charge is 2.40. The zero-order valence-corrected chi connectivity index (χ0v) is 11.3. The van der Waals surface area contributed by atoms with Crippen molar-refractivity contribution >= 4 is 22.8 Å². The van der Waals surface area contributed by atoms with Gasteiger partial charge in [0.2, 0.25) is 5.91 Å². The topological polar surface area (TPSA) is 91.0 Å². The first kappa shape index (κ1) is 12.6. The fraction of sp³-hybridized carbons (Fsp3) is 0.385. The Morgan fingerprint density at radius 1 is 1.30 bits per heavy atom. The molecule has 1 saturated heterocycles. The van der Waals surface area contributed by atoms with Crippen molar-refractivity contribution < 1.29 is 9.59 Å². The van der Waals surface area contributed by atoms with E-state index in [2.05, 4.69) is 20.7 Å². The molecule has 0 bridgehead atoms. The van der Waals surface area contributed by atoms with E-state index in [0.717, 1.165) is 0 Å². The Labute approximate surface area is 115 Å². The molecule has 0 radical (unpaired) electrons. The molecule has 1 fully saturated rings. The normalized spacial score (nSPS) is 18.1. The molecule has 0 spiro atoms. The van der Waals surface area contributed by atoms with Gasteiger partial charge in [-0.3, -0.25) is 9.59 Å². The SMILES string of the molecule is CC1(C)C(=O)NCCN1C(=O)c1ccc2n[nH]nc2c1. The van der Waals surface area contributed by atoms with Crippen LogP contribution in [-0.2, 0) is 4.79 Å². The van der Waals surface area contributed by atoms with Crippen molar-refractivity contribution in [2.75, 3.05) is 13.1 Å². The molecule has 0 aliphatic carbocycles. The summed E-state index contributed by atoms with van der Waals surface area (Å²) in [6, 6.07) is 5.13. The van der Waals surface area contributed by atoms with Crippen LogP contribution in [0.3, 0.4) is 0 Å². The molecule has 1 aliphatic rings. The maximum absolute atomic E-state index is 12.6. The van der Waals surface area contributed by atoms with Crippen LogP contribution in [-0.4, -0.2) is 50.8 Å². The zero-order chi connectivity index (χ0) is 14.3. The Hall–Kier alpha value is -2.44. The average molecular weight is 273 g/mol. The summed E-state index contributed by atoms with van der Waals surface area (Å²) in [6.07, 6.45) is 0. The molecule has 0 unspecified atom stereocenters. The molecule has 7 nitrogen and oxygen atoms in total. The Morgan fingerprint density at radius 2 is 2.05 bits per heavy atom. The van der Waals surface area contributed by atoms with Gasteiger partial charge in [0.05, 0.1) is 0 Å². The van der Waals surface area contributed by atoms with Crippen molar-refractivity contribution in [3.8, 4) is 0 Å². The van der Waals surface area contributed by atoms with Gasteiger partial charge in [-0.2, -0.15) is 15.4 Å². The predicted octanol–water partition coefficient (Wildman–Crippen LogP) is 0.308. The van der Waals surface area contributed by atoms with Crippen LogP contribution in [0.1, 0.15) is 24.2 Å². The minimum atomic E-state index is -0.853. The third-order valence-corrected chi connectivity index (χ3v) is 3.66. The van der Waals surface area contributed by atoms with Gasteiger partial charge in [0.15, 0.2) is 0 Å². The van der Waals surface area contributed by atoms with E-state index in [1.165, 1.54) is 0 Å². The first-order chi connectivity index (χ1) is 9.50. The van der Waals surface area contributed by atoms with Crippen LogP contribution in [0, 0.1) is 0 Å². The quantitative estimate of drug-likeness (QED) is 0.782. The number of carbonyl (C=O) groups is 2. The maximum Gasteiger partial charge on any atom is 0.254 e. The van der Waals surface area contributed by atoms with Crippen LogP contribution in [0.25, 0.3) is 11.0 Å². The second-order valence-electron chi connectivity index (χ2n) is 5.30. The minimum Gasteiger partial charge on any atom is -0.352 e. The molecule has 20 heavy (non-hydrogen) atoms. The Bertz CT molecular complexity index is 691. The number of H-pyrrole nitrogens is 1. The lowest BCUT2D eigenvalue weighted by molar-refractivity contribution is -0.133. The molecular formula is C13H15N5O2. The molecule has 1 aliphatic heterocycles. The number of rotatable bonds is 1. The van der Waals surface area contributed by atoms with Gasteiger partial charge in [-0.15, -0.1) is 0 Å². The lowest BCUT2D eigenvalue weighted by Crippen LogP contribution is -2.63. The van der Waals surface area contributed by atoms with Crippen molar-refractivity contribution in [2.45, 2.75) is 19.4 Å². The largest absolute Gasteiger partial charge is 0.352 e.